The maximum Gasteiger partial charge on any atom is 0.0326 e. The van der Waals surface area contributed by atoms with Crippen molar-refractivity contribution in [1.82, 2.24) is 5.32 Å². The van der Waals surface area contributed by atoms with E-state index in [9.17, 15) is 0 Å². The molecule has 0 aliphatic heterocycles. The summed E-state index contributed by atoms with van der Waals surface area (Å²) in [5.74, 6) is 0.823. The Balaban J connectivity index is 1.68. The molecular weight excluding hydrogens is 218 g/mol. The molecule has 0 spiro atoms. The summed E-state index contributed by atoms with van der Waals surface area (Å²) in [5.41, 5.74) is 5.14. The zero-order valence-electron chi connectivity index (χ0n) is 11.9. The molecule has 1 heteroatoms. The van der Waals surface area contributed by atoms with Gasteiger partial charge in [-0.25, -0.2) is 0 Å². The van der Waals surface area contributed by atoms with E-state index in [1.807, 2.05) is 0 Å². The van der Waals surface area contributed by atoms with Crippen LogP contribution in [0.25, 0.3) is 0 Å². The lowest BCUT2D eigenvalue weighted by atomic mass is 9.92. The Morgan fingerprint density at radius 2 is 2.11 bits per heavy atom. The van der Waals surface area contributed by atoms with Crippen LogP contribution in [0.15, 0.2) is 18.2 Å². The highest BCUT2D eigenvalue weighted by atomic mass is 14.9. The van der Waals surface area contributed by atoms with Crippen LogP contribution in [-0.4, -0.2) is 6.54 Å². The van der Waals surface area contributed by atoms with Gasteiger partial charge in [0, 0.05) is 12.6 Å². The largest absolute Gasteiger partial charge is 0.309 e. The highest BCUT2D eigenvalue weighted by Gasteiger charge is 2.45. The summed E-state index contributed by atoms with van der Waals surface area (Å²) in [4.78, 5) is 0. The van der Waals surface area contributed by atoms with E-state index in [0.29, 0.717) is 11.5 Å². The summed E-state index contributed by atoms with van der Waals surface area (Å²) in [6.45, 7) is 8.16. The second kappa shape index (κ2) is 4.38. The molecular formula is C17H25N. The van der Waals surface area contributed by atoms with Gasteiger partial charge in [0.15, 0.2) is 0 Å². The standard InChI is InChI=1S/C17H25N/c1-12(2)17(8-9-17)11-18-16-7-6-14-5-4-13(3)10-15(14)16/h4-5,10,12,16,18H,6-9,11H2,1-3H3. The zero-order chi connectivity index (χ0) is 12.8. The second-order valence-electron chi connectivity index (χ2n) is 6.69. The van der Waals surface area contributed by atoms with Gasteiger partial charge in [0.1, 0.15) is 0 Å². The van der Waals surface area contributed by atoms with Crippen molar-refractivity contribution in [1.29, 1.82) is 0 Å². The van der Waals surface area contributed by atoms with E-state index >= 15 is 0 Å². The average molecular weight is 243 g/mol. The van der Waals surface area contributed by atoms with Crippen molar-refractivity contribution in [3.8, 4) is 0 Å². The lowest BCUT2D eigenvalue weighted by Gasteiger charge is -2.23. The third-order valence-electron chi connectivity index (χ3n) is 5.20. The van der Waals surface area contributed by atoms with Gasteiger partial charge in [0.05, 0.1) is 0 Å². The Morgan fingerprint density at radius 1 is 1.33 bits per heavy atom. The molecule has 2 aliphatic carbocycles. The molecule has 1 saturated carbocycles. The Kier molecular flexibility index (Phi) is 2.97. The summed E-state index contributed by atoms with van der Waals surface area (Å²) in [5, 5.41) is 3.85. The highest BCUT2D eigenvalue weighted by Crippen LogP contribution is 2.51. The Morgan fingerprint density at radius 3 is 2.78 bits per heavy atom. The highest BCUT2D eigenvalue weighted by molar-refractivity contribution is 5.37. The minimum Gasteiger partial charge on any atom is -0.309 e. The van der Waals surface area contributed by atoms with Crippen LogP contribution < -0.4 is 5.32 Å². The number of hydrogen-bond acceptors (Lipinski definition) is 1. The summed E-state index contributed by atoms with van der Waals surface area (Å²) in [6, 6.07) is 7.56. The van der Waals surface area contributed by atoms with Gasteiger partial charge in [-0.05, 0) is 55.1 Å². The molecule has 0 aromatic heterocycles. The van der Waals surface area contributed by atoms with E-state index in [4.69, 9.17) is 0 Å². The fraction of sp³-hybridized carbons (Fsp3) is 0.647. The summed E-state index contributed by atoms with van der Waals surface area (Å²) < 4.78 is 0. The lowest BCUT2D eigenvalue weighted by Crippen LogP contribution is -2.30. The number of aryl methyl sites for hydroxylation is 2. The zero-order valence-corrected chi connectivity index (χ0v) is 11.9. The molecule has 1 N–H and O–H groups in total. The molecule has 98 valence electrons. The molecule has 1 aromatic rings. The molecule has 1 unspecified atom stereocenters. The van der Waals surface area contributed by atoms with Crippen LogP contribution in [0.3, 0.4) is 0 Å². The molecule has 0 bridgehead atoms. The number of nitrogens with one attached hydrogen (secondary N) is 1. The monoisotopic (exact) mass is 243 g/mol. The fourth-order valence-electron chi connectivity index (χ4n) is 3.38. The van der Waals surface area contributed by atoms with E-state index in [1.54, 1.807) is 11.1 Å². The van der Waals surface area contributed by atoms with Gasteiger partial charge in [0.25, 0.3) is 0 Å². The molecule has 18 heavy (non-hydrogen) atoms. The van der Waals surface area contributed by atoms with Gasteiger partial charge >= 0.3 is 0 Å². The maximum atomic E-state index is 3.85. The molecule has 0 radical (unpaired) electrons. The Labute approximate surface area is 111 Å². The molecule has 3 rings (SSSR count). The van der Waals surface area contributed by atoms with E-state index < -0.39 is 0 Å². The first-order valence-corrected chi connectivity index (χ1v) is 7.43. The van der Waals surface area contributed by atoms with Gasteiger partial charge in [-0.2, -0.15) is 0 Å². The van der Waals surface area contributed by atoms with Crippen molar-refractivity contribution in [2.24, 2.45) is 11.3 Å². The molecule has 1 aromatic carbocycles. The van der Waals surface area contributed by atoms with Crippen LogP contribution in [0.4, 0.5) is 0 Å². The van der Waals surface area contributed by atoms with Gasteiger partial charge in [-0.1, -0.05) is 37.6 Å². The molecule has 0 amide bonds. The third-order valence-corrected chi connectivity index (χ3v) is 5.20. The predicted molar refractivity (Wildman–Crippen MR) is 76.7 cm³/mol. The number of benzene rings is 1. The molecule has 2 aliphatic rings. The maximum absolute atomic E-state index is 3.85. The lowest BCUT2D eigenvalue weighted by molar-refractivity contribution is 0.320. The topological polar surface area (TPSA) is 12.0 Å². The first-order chi connectivity index (χ1) is 8.61. The number of rotatable bonds is 4. The summed E-state index contributed by atoms with van der Waals surface area (Å²) in [7, 11) is 0. The van der Waals surface area contributed by atoms with Gasteiger partial charge in [-0.15, -0.1) is 0 Å². The number of fused-ring (bicyclic) bond motifs is 1. The van der Waals surface area contributed by atoms with Crippen LogP contribution in [0.2, 0.25) is 0 Å². The molecule has 0 saturated heterocycles. The van der Waals surface area contributed by atoms with Crippen LogP contribution >= 0.6 is 0 Å². The van der Waals surface area contributed by atoms with Gasteiger partial charge in [-0.3, -0.25) is 0 Å². The fourth-order valence-corrected chi connectivity index (χ4v) is 3.38. The minimum absolute atomic E-state index is 0.608. The van der Waals surface area contributed by atoms with Crippen molar-refractivity contribution in [2.45, 2.75) is 52.5 Å². The van der Waals surface area contributed by atoms with Crippen LogP contribution in [0.5, 0.6) is 0 Å². The predicted octanol–water partition coefficient (Wildman–Crippen LogP) is 4.01. The third kappa shape index (κ3) is 2.09. The minimum atomic E-state index is 0.608. The van der Waals surface area contributed by atoms with E-state index in [-0.39, 0.29) is 0 Å². The van der Waals surface area contributed by atoms with Crippen LogP contribution in [0.1, 0.15) is 55.8 Å². The summed E-state index contributed by atoms with van der Waals surface area (Å²) >= 11 is 0. The van der Waals surface area contributed by atoms with Crippen molar-refractivity contribution in [3.05, 3.63) is 34.9 Å². The smallest absolute Gasteiger partial charge is 0.0326 e. The average Bonchev–Trinajstić information content (AvgIpc) is 3.04. The molecule has 1 atom stereocenters. The van der Waals surface area contributed by atoms with Crippen molar-refractivity contribution < 1.29 is 0 Å². The first-order valence-electron chi connectivity index (χ1n) is 7.43. The van der Waals surface area contributed by atoms with Crippen LogP contribution in [-0.2, 0) is 6.42 Å². The Hall–Kier alpha value is -0.820. The van der Waals surface area contributed by atoms with Crippen molar-refractivity contribution >= 4 is 0 Å². The second-order valence-corrected chi connectivity index (χ2v) is 6.69. The van der Waals surface area contributed by atoms with Crippen LogP contribution in [0, 0.1) is 18.3 Å². The SMILES string of the molecule is Cc1ccc2c(c1)C(NCC1(C(C)C)CC1)CC2. The van der Waals surface area contributed by atoms with Gasteiger partial charge in [0.2, 0.25) is 0 Å². The Bertz CT molecular complexity index is 443. The quantitative estimate of drug-likeness (QED) is 0.842. The van der Waals surface area contributed by atoms with E-state index in [2.05, 4.69) is 44.3 Å². The molecule has 1 fully saturated rings. The molecule has 1 nitrogen and oxygen atoms in total. The van der Waals surface area contributed by atoms with E-state index in [0.717, 1.165) is 5.92 Å². The summed E-state index contributed by atoms with van der Waals surface area (Å²) in [6.07, 6.45) is 5.38. The first kappa shape index (κ1) is 12.2. The van der Waals surface area contributed by atoms with E-state index in [1.165, 1.54) is 37.8 Å². The number of hydrogen-bond donors (Lipinski definition) is 1. The van der Waals surface area contributed by atoms with Gasteiger partial charge < -0.3 is 5.32 Å². The normalized spacial score (nSPS) is 24.3. The van der Waals surface area contributed by atoms with Crippen molar-refractivity contribution in [3.63, 3.8) is 0 Å². The molecule has 0 heterocycles. The van der Waals surface area contributed by atoms with Crippen molar-refractivity contribution in [2.75, 3.05) is 6.54 Å².